The molecule has 1 saturated carbocycles. The molecule has 1 aliphatic carbocycles. The summed E-state index contributed by atoms with van der Waals surface area (Å²) in [5.74, 6) is 0.841. The van der Waals surface area contributed by atoms with Crippen LogP contribution in [0.2, 0.25) is 0 Å². The van der Waals surface area contributed by atoms with E-state index in [1.165, 1.54) is 0 Å². The van der Waals surface area contributed by atoms with Crippen LogP contribution in [0.1, 0.15) is 66.2 Å². The van der Waals surface area contributed by atoms with Crippen LogP contribution in [-0.2, 0) is 19.0 Å². The quantitative estimate of drug-likeness (QED) is 0.574. The average molecular weight is 373 g/mol. The summed E-state index contributed by atoms with van der Waals surface area (Å²) in [6.45, 7) is 8.51. The zero-order chi connectivity index (χ0) is 19.3. The van der Waals surface area contributed by atoms with Crippen molar-refractivity contribution >= 4 is 5.97 Å². The third-order valence-electron chi connectivity index (χ3n) is 5.84. The van der Waals surface area contributed by atoms with Crippen molar-refractivity contribution in [2.24, 2.45) is 17.8 Å². The van der Waals surface area contributed by atoms with Crippen LogP contribution in [0.3, 0.4) is 0 Å². The molecule has 6 heteroatoms. The monoisotopic (exact) mass is 372 g/mol. The van der Waals surface area contributed by atoms with Gasteiger partial charge in [-0.2, -0.15) is 0 Å². The van der Waals surface area contributed by atoms with Crippen molar-refractivity contribution in [3.8, 4) is 0 Å². The van der Waals surface area contributed by atoms with Gasteiger partial charge < -0.3 is 24.4 Å². The molecule has 2 aliphatic rings. The minimum absolute atomic E-state index is 0.0447. The van der Waals surface area contributed by atoms with Crippen LogP contribution in [0.25, 0.3) is 0 Å². The summed E-state index contributed by atoms with van der Waals surface area (Å²) in [5, 5.41) is 19.7. The lowest BCUT2D eigenvalue weighted by molar-refractivity contribution is -0.273. The maximum atomic E-state index is 12.1. The predicted molar refractivity (Wildman–Crippen MR) is 97.4 cm³/mol. The molecule has 2 fully saturated rings. The molecule has 152 valence electrons. The third kappa shape index (κ3) is 6.19. The lowest BCUT2D eigenvalue weighted by Crippen LogP contribution is -2.48. The smallest absolute Gasteiger partial charge is 0.309 e. The second-order valence-corrected chi connectivity index (χ2v) is 8.02. The molecular formula is C20H36O6. The van der Waals surface area contributed by atoms with Crippen LogP contribution >= 0.6 is 0 Å². The first-order chi connectivity index (χ1) is 12.3. The van der Waals surface area contributed by atoms with Gasteiger partial charge in [-0.25, -0.2) is 0 Å². The minimum atomic E-state index is -0.808. The van der Waals surface area contributed by atoms with E-state index in [1.54, 1.807) is 6.92 Å². The Kier molecular flexibility index (Phi) is 8.33. The van der Waals surface area contributed by atoms with E-state index in [0.29, 0.717) is 18.4 Å². The van der Waals surface area contributed by atoms with Crippen LogP contribution in [0.15, 0.2) is 0 Å². The summed E-state index contributed by atoms with van der Waals surface area (Å²) in [6, 6.07) is 0. The second kappa shape index (κ2) is 10.0. The summed E-state index contributed by atoms with van der Waals surface area (Å²) in [4.78, 5) is 12.1. The molecule has 4 unspecified atom stereocenters. The van der Waals surface area contributed by atoms with E-state index in [9.17, 15) is 15.0 Å². The fraction of sp³-hybridized carbons (Fsp3) is 0.950. The van der Waals surface area contributed by atoms with Gasteiger partial charge in [-0.3, -0.25) is 4.79 Å². The van der Waals surface area contributed by atoms with Crippen LogP contribution in [0.5, 0.6) is 0 Å². The summed E-state index contributed by atoms with van der Waals surface area (Å²) in [7, 11) is 0. The minimum Gasteiger partial charge on any atom is -0.465 e. The van der Waals surface area contributed by atoms with Gasteiger partial charge in [0.05, 0.1) is 30.8 Å². The summed E-state index contributed by atoms with van der Waals surface area (Å²) in [5.41, 5.74) is 0. The highest BCUT2D eigenvalue weighted by atomic mass is 16.7. The summed E-state index contributed by atoms with van der Waals surface area (Å²) >= 11 is 0. The predicted octanol–water partition coefficient (Wildman–Crippen LogP) is 2.64. The molecule has 0 aromatic heterocycles. The van der Waals surface area contributed by atoms with E-state index in [2.05, 4.69) is 13.8 Å². The molecule has 0 aromatic rings. The van der Waals surface area contributed by atoms with Crippen LogP contribution in [0, 0.1) is 17.8 Å². The molecule has 0 bridgehead atoms. The molecule has 0 radical (unpaired) electrons. The number of carbonyl (C=O) groups excluding carboxylic acids is 1. The van der Waals surface area contributed by atoms with E-state index in [1.807, 2.05) is 6.92 Å². The van der Waals surface area contributed by atoms with Gasteiger partial charge in [-0.1, -0.05) is 26.7 Å². The second-order valence-electron chi connectivity index (χ2n) is 8.02. The van der Waals surface area contributed by atoms with Gasteiger partial charge in [0.1, 0.15) is 6.10 Å². The number of aliphatic hydroxyl groups excluding tert-OH is 2. The Labute approximate surface area is 157 Å². The van der Waals surface area contributed by atoms with Gasteiger partial charge in [-0.05, 0) is 44.9 Å². The van der Waals surface area contributed by atoms with Gasteiger partial charge in [0.15, 0.2) is 6.29 Å². The van der Waals surface area contributed by atoms with Gasteiger partial charge >= 0.3 is 5.97 Å². The van der Waals surface area contributed by atoms with Crippen LogP contribution in [-0.4, -0.2) is 53.5 Å². The molecule has 0 spiro atoms. The van der Waals surface area contributed by atoms with Crippen molar-refractivity contribution in [3.63, 3.8) is 0 Å². The average Bonchev–Trinajstić information content (AvgIpc) is 3.38. The molecule has 1 heterocycles. The van der Waals surface area contributed by atoms with Crippen molar-refractivity contribution < 1.29 is 29.2 Å². The Hall–Kier alpha value is -0.690. The van der Waals surface area contributed by atoms with Crippen LogP contribution < -0.4 is 0 Å². The largest absolute Gasteiger partial charge is 0.465 e. The number of hydrogen-bond acceptors (Lipinski definition) is 6. The van der Waals surface area contributed by atoms with E-state index in [4.69, 9.17) is 14.2 Å². The lowest BCUT2D eigenvalue weighted by atomic mass is 10.0. The molecule has 7 atom stereocenters. The molecular weight excluding hydrogens is 336 g/mol. The summed E-state index contributed by atoms with van der Waals surface area (Å²) in [6.07, 6.45) is 2.41. The molecule has 2 rings (SSSR count). The van der Waals surface area contributed by atoms with Crippen molar-refractivity contribution in [1.82, 2.24) is 0 Å². The van der Waals surface area contributed by atoms with E-state index < -0.39 is 18.5 Å². The first kappa shape index (κ1) is 21.6. The lowest BCUT2D eigenvalue weighted by Gasteiger charge is -2.36. The molecule has 0 amide bonds. The zero-order valence-electron chi connectivity index (χ0n) is 16.6. The molecule has 6 nitrogen and oxygen atoms in total. The molecule has 0 aromatic carbocycles. The molecule has 1 saturated heterocycles. The highest BCUT2D eigenvalue weighted by Crippen LogP contribution is 2.43. The molecule has 2 N–H and O–H groups in total. The Bertz CT molecular complexity index is 438. The number of ether oxygens (including phenoxy) is 3. The number of esters is 1. The van der Waals surface area contributed by atoms with E-state index in [0.717, 1.165) is 32.1 Å². The topological polar surface area (TPSA) is 85.2 Å². The maximum Gasteiger partial charge on any atom is 0.309 e. The molecule has 26 heavy (non-hydrogen) atoms. The fourth-order valence-corrected chi connectivity index (χ4v) is 3.50. The van der Waals surface area contributed by atoms with Gasteiger partial charge in [0.25, 0.3) is 0 Å². The standard InChI is InChI=1S/C20H36O6/c1-5-14(6-2)11-24-19(23)16-9-15(16)8-7-12(3)25-20-18(22)10-17(21)13(4)26-20/h12-18,20-22H,5-11H2,1-4H3/t12-,13+,15?,16?,17?,18-,20?/m1/s1. The first-order valence-corrected chi connectivity index (χ1v) is 10.2. The van der Waals surface area contributed by atoms with Gasteiger partial charge in [0.2, 0.25) is 0 Å². The Morgan fingerprint density at radius 2 is 1.88 bits per heavy atom. The van der Waals surface area contributed by atoms with E-state index >= 15 is 0 Å². The maximum absolute atomic E-state index is 12.1. The number of aliphatic hydroxyl groups is 2. The number of rotatable bonds is 10. The Balaban J connectivity index is 1.63. The highest BCUT2D eigenvalue weighted by Gasteiger charge is 2.44. The van der Waals surface area contributed by atoms with Crippen molar-refractivity contribution in [2.45, 2.75) is 96.9 Å². The van der Waals surface area contributed by atoms with Crippen LogP contribution in [0.4, 0.5) is 0 Å². The fourth-order valence-electron chi connectivity index (χ4n) is 3.50. The summed E-state index contributed by atoms with van der Waals surface area (Å²) < 4.78 is 16.8. The first-order valence-electron chi connectivity index (χ1n) is 10.2. The number of carbonyl (C=O) groups is 1. The molecule has 1 aliphatic heterocycles. The Morgan fingerprint density at radius 1 is 1.19 bits per heavy atom. The third-order valence-corrected chi connectivity index (χ3v) is 5.84. The van der Waals surface area contributed by atoms with Crippen molar-refractivity contribution in [1.29, 1.82) is 0 Å². The van der Waals surface area contributed by atoms with Gasteiger partial charge in [0, 0.05) is 6.42 Å². The normalized spacial score (nSPS) is 35.3. The Morgan fingerprint density at radius 3 is 2.54 bits per heavy atom. The van der Waals surface area contributed by atoms with Gasteiger partial charge in [-0.15, -0.1) is 0 Å². The van der Waals surface area contributed by atoms with Crippen molar-refractivity contribution in [3.05, 3.63) is 0 Å². The van der Waals surface area contributed by atoms with Crippen molar-refractivity contribution in [2.75, 3.05) is 6.61 Å². The van der Waals surface area contributed by atoms with E-state index in [-0.39, 0.29) is 30.5 Å². The highest BCUT2D eigenvalue weighted by molar-refractivity contribution is 5.75. The zero-order valence-corrected chi connectivity index (χ0v) is 16.6. The SMILES string of the molecule is CCC(CC)COC(=O)C1CC1CC[C@@H](C)OC1O[C@@H](C)C(O)C[C@H]1O. The number of hydrogen-bond donors (Lipinski definition) is 2.